The second kappa shape index (κ2) is 9.28. The quantitative estimate of drug-likeness (QED) is 0.331. The van der Waals surface area contributed by atoms with Crippen LogP contribution in [0.5, 0.6) is 0 Å². The van der Waals surface area contributed by atoms with Crippen LogP contribution >= 0.6 is 24.2 Å². The van der Waals surface area contributed by atoms with Crippen LogP contribution in [0.4, 0.5) is 4.39 Å². The molecule has 0 aliphatic rings. The van der Waals surface area contributed by atoms with E-state index < -0.39 is 7.26 Å². The molecule has 0 atom stereocenters. The summed E-state index contributed by atoms with van der Waals surface area (Å²) < 4.78 is 13.5. The lowest BCUT2D eigenvalue weighted by Gasteiger charge is -2.27. The molecule has 28 heavy (non-hydrogen) atoms. The van der Waals surface area contributed by atoms with E-state index in [2.05, 4.69) is 91.0 Å². The predicted octanol–water partition coefficient (Wildman–Crippen LogP) is 5.90. The number of benzene rings is 4. The van der Waals surface area contributed by atoms with Crippen LogP contribution in [0.2, 0.25) is 0 Å². The fourth-order valence-corrected chi connectivity index (χ4v) is 7.88. The van der Waals surface area contributed by atoms with E-state index in [0.29, 0.717) is 0 Å². The van der Waals surface area contributed by atoms with Gasteiger partial charge in [-0.1, -0.05) is 66.7 Å². The number of hydrogen-bond donors (Lipinski definition) is 0. The number of rotatable bonds is 5. The molecule has 0 bridgehead atoms. The first-order chi connectivity index (χ1) is 13.3. The average Bonchev–Trinajstić information content (AvgIpc) is 2.75. The van der Waals surface area contributed by atoms with Crippen LogP contribution in [0.1, 0.15) is 5.56 Å². The molecule has 4 aromatic carbocycles. The molecule has 0 aliphatic carbocycles. The Labute approximate surface area is 177 Å². The Morgan fingerprint density at radius 2 is 0.857 bits per heavy atom. The van der Waals surface area contributed by atoms with Crippen LogP contribution < -0.4 is 15.9 Å². The van der Waals surface area contributed by atoms with Crippen molar-refractivity contribution < 1.29 is 4.39 Å². The minimum absolute atomic E-state index is 0. The highest BCUT2D eigenvalue weighted by atomic mass is 79.9. The third kappa shape index (κ3) is 4.09. The molecule has 4 aromatic rings. The van der Waals surface area contributed by atoms with Gasteiger partial charge in [-0.2, -0.15) is 0 Å². The van der Waals surface area contributed by atoms with Crippen molar-refractivity contribution in [3.8, 4) is 0 Å². The standard InChI is InChI=1S/C25H21FP.BrH/c26-22-18-16-21(17-19-22)20-27(23-10-4-1-5-11-23,24-12-6-2-7-13-24)25-14-8-3-9-15-25;/h1-19H,20H2;1H/q+1;. The van der Waals surface area contributed by atoms with Gasteiger partial charge >= 0.3 is 0 Å². The molecule has 0 heterocycles. The van der Waals surface area contributed by atoms with Gasteiger partial charge in [0.2, 0.25) is 0 Å². The van der Waals surface area contributed by atoms with Crippen molar-refractivity contribution in [1.82, 2.24) is 0 Å². The molecule has 0 saturated heterocycles. The summed E-state index contributed by atoms with van der Waals surface area (Å²) in [6.07, 6.45) is 0.866. The normalized spacial score (nSPS) is 10.9. The van der Waals surface area contributed by atoms with Gasteiger partial charge in [0.1, 0.15) is 29.0 Å². The van der Waals surface area contributed by atoms with Crippen LogP contribution in [0.15, 0.2) is 115 Å². The van der Waals surface area contributed by atoms with E-state index in [4.69, 9.17) is 0 Å². The maximum Gasteiger partial charge on any atom is 0.123 e. The molecule has 4 rings (SSSR count). The zero-order valence-electron chi connectivity index (χ0n) is 15.4. The minimum atomic E-state index is -1.91. The van der Waals surface area contributed by atoms with Crippen LogP contribution in [0, 0.1) is 5.82 Å². The smallest absolute Gasteiger partial charge is 0.123 e. The second-order valence-corrected chi connectivity index (χ2v) is 10.1. The van der Waals surface area contributed by atoms with Crippen molar-refractivity contribution in [3.63, 3.8) is 0 Å². The predicted molar refractivity (Wildman–Crippen MR) is 126 cm³/mol. The fourth-order valence-electron chi connectivity index (χ4n) is 3.63. The van der Waals surface area contributed by atoms with Gasteiger partial charge in [0.15, 0.2) is 0 Å². The van der Waals surface area contributed by atoms with Crippen molar-refractivity contribution in [2.24, 2.45) is 0 Å². The van der Waals surface area contributed by atoms with E-state index in [1.165, 1.54) is 15.9 Å². The van der Waals surface area contributed by atoms with Crippen molar-refractivity contribution in [2.45, 2.75) is 6.16 Å². The molecule has 0 radical (unpaired) electrons. The Bertz CT molecular complexity index is 890. The molecule has 0 aliphatic heterocycles. The highest BCUT2D eigenvalue weighted by Crippen LogP contribution is 2.58. The van der Waals surface area contributed by atoms with Crippen molar-refractivity contribution in [2.75, 3.05) is 0 Å². The summed E-state index contributed by atoms with van der Waals surface area (Å²) in [5.41, 5.74) is 1.15. The summed E-state index contributed by atoms with van der Waals surface area (Å²) in [6, 6.07) is 39.2. The highest BCUT2D eigenvalue weighted by molar-refractivity contribution is 8.93. The van der Waals surface area contributed by atoms with Gasteiger partial charge in [-0.3, -0.25) is 0 Å². The lowest BCUT2D eigenvalue weighted by Crippen LogP contribution is -2.32. The van der Waals surface area contributed by atoms with Crippen LogP contribution in [0.25, 0.3) is 0 Å². The summed E-state index contributed by atoms with van der Waals surface area (Å²) in [4.78, 5) is 0. The lowest BCUT2D eigenvalue weighted by atomic mass is 10.2. The molecule has 0 amide bonds. The number of halogens is 2. The Balaban J connectivity index is 0.00000225. The molecule has 3 heteroatoms. The average molecular weight is 452 g/mol. The molecular formula is C25H22BrFP+. The molecule has 0 fully saturated rings. The summed E-state index contributed by atoms with van der Waals surface area (Å²) in [5.74, 6) is -0.193. The number of hydrogen-bond acceptors (Lipinski definition) is 0. The third-order valence-electron chi connectivity index (χ3n) is 4.92. The van der Waals surface area contributed by atoms with E-state index in [1.54, 1.807) is 12.1 Å². The topological polar surface area (TPSA) is 0 Å². The van der Waals surface area contributed by atoms with Gasteiger partial charge in [0.05, 0.1) is 6.16 Å². The molecule has 0 spiro atoms. The van der Waals surface area contributed by atoms with Gasteiger partial charge in [0.25, 0.3) is 0 Å². The summed E-state index contributed by atoms with van der Waals surface area (Å²) in [5, 5.41) is 4.02. The van der Waals surface area contributed by atoms with E-state index in [-0.39, 0.29) is 22.8 Å². The van der Waals surface area contributed by atoms with Crippen LogP contribution in [-0.4, -0.2) is 0 Å². The first-order valence-electron chi connectivity index (χ1n) is 9.08. The molecule has 0 N–H and O–H groups in total. The lowest BCUT2D eigenvalue weighted by molar-refractivity contribution is 0.627. The first kappa shape index (κ1) is 20.5. The summed E-state index contributed by atoms with van der Waals surface area (Å²) in [7, 11) is -1.91. The fraction of sp³-hybridized carbons (Fsp3) is 0.0400. The van der Waals surface area contributed by atoms with Crippen molar-refractivity contribution >= 4 is 40.2 Å². The Kier molecular flexibility index (Phi) is 6.78. The maximum atomic E-state index is 13.5. The molecule has 140 valence electrons. The van der Waals surface area contributed by atoms with Gasteiger partial charge in [0, 0.05) is 0 Å². The SMILES string of the molecule is Br.Fc1ccc(C[P+](c2ccccc2)(c2ccccc2)c2ccccc2)cc1. The summed E-state index contributed by atoms with van der Waals surface area (Å²) >= 11 is 0. The Morgan fingerprint density at radius 3 is 1.21 bits per heavy atom. The van der Waals surface area contributed by atoms with E-state index >= 15 is 0 Å². The van der Waals surface area contributed by atoms with E-state index in [1.807, 2.05) is 12.1 Å². The molecule has 0 unspecified atom stereocenters. The largest absolute Gasteiger partial charge is 0.207 e. The molecular weight excluding hydrogens is 430 g/mol. The highest BCUT2D eigenvalue weighted by Gasteiger charge is 2.45. The van der Waals surface area contributed by atoms with Gasteiger partial charge in [-0.15, -0.1) is 17.0 Å². The van der Waals surface area contributed by atoms with E-state index in [9.17, 15) is 4.39 Å². The van der Waals surface area contributed by atoms with Crippen molar-refractivity contribution in [1.29, 1.82) is 0 Å². The second-order valence-electron chi connectivity index (χ2n) is 6.60. The third-order valence-corrected chi connectivity index (χ3v) is 9.30. The molecule has 0 saturated carbocycles. The Morgan fingerprint density at radius 1 is 0.500 bits per heavy atom. The first-order valence-corrected chi connectivity index (χ1v) is 11.1. The van der Waals surface area contributed by atoms with Crippen molar-refractivity contribution in [3.05, 3.63) is 127 Å². The minimum Gasteiger partial charge on any atom is -0.207 e. The Hall–Kier alpha value is -2.28. The van der Waals surface area contributed by atoms with E-state index in [0.717, 1.165) is 11.7 Å². The molecule has 0 nitrogen and oxygen atoms in total. The zero-order valence-corrected chi connectivity index (χ0v) is 18.0. The summed E-state index contributed by atoms with van der Waals surface area (Å²) in [6.45, 7) is 0. The molecule has 0 aromatic heterocycles. The van der Waals surface area contributed by atoms with Gasteiger partial charge < -0.3 is 0 Å². The maximum absolute atomic E-state index is 13.5. The zero-order chi connectivity index (χ0) is 18.5. The van der Waals surface area contributed by atoms with Gasteiger partial charge in [-0.05, 0) is 54.1 Å². The monoisotopic (exact) mass is 451 g/mol. The van der Waals surface area contributed by atoms with Crippen LogP contribution in [-0.2, 0) is 6.16 Å². The van der Waals surface area contributed by atoms with Gasteiger partial charge in [-0.25, -0.2) is 4.39 Å². The van der Waals surface area contributed by atoms with Crippen LogP contribution in [0.3, 0.4) is 0 Å².